The number of hydrogen-bond acceptors (Lipinski definition) is 1. The van der Waals surface area contributed by atoms with E-state index in [4.69, 9.17) is 12.2 Å². The fraction of sp³-hybridized carbons (Fsp3) is 0. The number of para-hydroxylation sites is 1. The number of H-pyrrole nitrogens is 1. The fourth-order valence-electron chi connectivity index (χ4n) is 2.00. The van der Waals surface area contributed by atoms with Gasteiger partial charge >= 0.3 is 0 Å². The van der Waals surface area contributed by atoms with Crippen molar-refractivity contribution in [3.8, 4) is 5.69 Å². The SMILES string of the molecule is Fc1ccc(-n2c(=S)[nH]c3c(F)cccc32)c(Br)c1. The summed E-state index contributed by atoms with van der Waals surface area (Å²) in [5.41, 5.74) is 1.60. The van der Waals surface area contributed by atoms with Crippen LogP contribution in [-0.4, -0.2) is 9.55 Å². The molecule has 1 N–H and O–H groups in total. The summed E-state index contributed by atoms with van der Waals surface area (Å²) < 4.78 is 29.4. The first kappa shape index (κ1) is 12.5. The van der Waals surface area contributed by atoms with Crippen LogP contribution in [0.2, 0.25) is 0 Å². The maximum atomic E-state index is 13.7. The molecule has 0 radical (unpaired) electrons. The van der Waals surface area contributed by atoms with E-state index < -0.39 is 0 Å². The number of hydrogen-bond donors (Lipinski definition) is 1. The predicted molar refractivity (Wildman–Crippen MR) is 76.1 cm³/mol. The number of fused-ring (bicyclic) bond motifs is 1. The zero-order valence-corrected chi connectivity index (χ0v) is 11.9. The maximum absolute atomic E-state index is 13.7. The lowest BCUT2D eigenvalue weighted by atomic mass is 10.2. The molecule has 0 aliphatic rings. The summed E-state index contributed by atoms with van der Waals surface area (Å²) in [4.78, 5) is 2.82. The first-order valence-corrected chi connectivity index (χ1v) is 6.63. The summed E-state index contributed by atoms with van der Waals surface area (Å²) in [6.07, 6.45) is 0. The van der Waals surface area contributed by atoms with Gasteiger partial charge in [-0.25, -0.2) is 8.78 Å². The Morgan fingerprint density at radius 3 is 2.68 bits per heavy atom. The van der Waals surface area contributed by atoms with Crippen molar-refractivity contribution in [1.29, 1.82) is 0 Å². The van der Waals surface area contributed by atoms with Crippen molar-refractivity contribution < 1.29 is 8.78 Å². The van der Waals surface area contributed by atoms with E-state index in [2.05, 4.69) is 20.9 Å². The molecule has 2 aromatic carbocycles. The molecule has 0 aliphatic heterocycles. The van der Waals surface area contributed by atoms with Gasteiger partial charge in [0.25, 0.3) is 0 Å². The highest BCUT2D eigenvalue weighted by molar-refractivity contribution is 9.10. The van der Waals surface area contributed by atoms with Crippen LogP contribution >= 0.6 is 28.1 Å². The van der Waals surface area contributed by atoms with Gasteiger partial charge in [0.2, 0.25) is 0 Å². The average Bonchev–Trinajstić information content (AvgIpc) is 2.68. The Labute approximate surface area is 120 Å². The molecule has 3 rings (SSSR count). The van der Waals surface area contributed by atoms with E-state index in [-0.39, 0.29) is 11.6 Å². The molecule has 0 amide bonds. The standard InChI is InChI=1S/C13H7BrF2N2S/c14-8-6-7(15)4-5-10(8)18-11-3-1-2-9(16)12(11)17-13(18)19/h1-6H,(H,17,19). The molecule has 0 bridgehead atoms. The third kappa shape index (κ3) is 2.01. The molecule has 0 saturated heterocycles. The smallest absolute Gasteiger partial charge is 0.182 e. The zero-order valence-electron chi connectivity index (χ0n) is 9.45. The molecule has 6 heteroatoms. The average molecular weight is 341 g/mol. The molecule has 0 unspecified atom stereocenters. The molecule has 2 nitrogen and oxygen atoms in total. The van der Waals surface area contributed by atoms with E-state index in [0.29, 0.717) is 26.0 Å². The zero-order chi connectivity index (χ0) is 13.6. The Kier molecular flexibility index (Phi) is 2.99. The molecular weight excluding hydrogens is 334 g/mol. The Hall–Kier alpha value is -1.53. The van der Waals surface area contributed by atoms with Gasteiger partial charge in [-0.05, 0) is 58.5 Å². The van der Waals surface area contributed by atoms with Crippen molar-refractivity contribution >= 4 is 39.2 Å². The lowest BCUT2D eigenvalue weighted by molar-refractivity contribution is 0.626. The lowest BCUT2D eigenvalue weighted by Crippen LogP contribution is -1.95. The molecule has 1 aromatic heterocycles. The van der Waals surface area contributed by atoms with Gasteiger partial charge in [0, 0.05) is 4.47 Å². The van der Waals surface area contributed by atoms with Gasteiger partial charge in [-0.1, -0.05) is 6.07 Å². The molecule has 0 saturated carbocycles. The van der Waals surface area contributed by atoms with Crippen molar-refractivity contribution in [3.63, 3.8) is 0 Å². The molecule has 96 valence electrons. The van der Waals surface area contributed by atoms with Crippen molar-refractivity contribution in [2.75, 3.05) is 0 Å². The first-order valence-electron chi connectivity index (χ1n) is 5.42. The second-order valence-corrected chi connectivity index (χ2v) is 5.24. The summed E-state index contributed by atoms with van der Waals surface area (Å²) in [7, 11) is 0. The van der Waals surface area contributed by atoms with Crippen LogP contribution < -0.4 is 0 Å². The minimum absolute atomic E-state index is 0.337. The minimum atomic E-state index is -0.374. The summed E-state index contributed by atoms with van der Waals surface area (Å²) >= 11 is 8.51. The highest BCUT2D eigenvalue weighted by atomic mass is 79.9. The van der Waals surface area contributed by atoms with Crippen LogP contribution in [0.4, 0.5) is 8.78 Å². The van der Waals surface area contributed by atoms with Crippen molar-refractivity contribution in [1.82, 2.24) is 9.55 Å². The number of benzene rings is 2. The number of nitrogens with one attached hydrogen (secondary N) is 1. The van der Waals surface area contributed by atoms with Gasteiger partial charge in [0.1, 0.15) is 17.2 Å². The van der Waals surface area contributed by atoms with E-state index in [1.807, 2.05) is 0 Å². The Balaban J connectivity index is 2.40. The molecule has 1 heterocycles. The van der Waals surface area contributed by atoms with E-state index in [9.17, 15) is 8.78 Å². The normalized spacial score (nSPS) is 11.1. The van der Waals surface area contributed by atoms with Crippen LogP contribution in [0, 0.1) is 16.4 Å². The Morgan fingerprint density at radius 1 is 1.16 bits per heavy atom. The fourth-order valence-corrected chi connectivity index (χ4v) is 2.82. The van der Waals surface area contributed by atoms with E-state index >= 15 is 0 Å². The van der Waals surface area contributed by atoms with Gasteiger partial charge in [0.15, 0.2) is 4.77 Å². The Morgan fingerprint density at radius 2 is 1.95 bits per heavy atom. The van der Waals surface area contributed by atoms with Crippen LogP contribution in [0.15, 0.2) is 40.9 Å². The van der Waals surface area contributed by atoms with Gasteiger partial charge < -0.3 is 4.98 Å². The summed E-state index contributed by atoms with van der Waals surface area (Å²) in [5, 5.41) is 0. The van der Waals surface area contributed by atoms with Crippen molar-refractivity contribution in [2.24, 2.45) is 0 Å². The summed E-state index contributed by atoms with van der Waals surface area (Å²) in [6, 6.07) is 8.98. The monoisotopic (exact) mass is 340 g/mol. The molecule has 19 heavy (non-hydrogen) atoms. The second-order valence-electron chi connectivity index (χ2n) is 4.00. The first-order chi connectivity index (χ1) is 9.08. The molecular formula is C13H7BrF2N2S. The van der Waals surface area contributed by atoms with Crippen LogP contribution in [-0.2, 0) is 0 Å². The molecule has 0 spiro atoms. The summed E-state index contributed by atoms with van der Waals surface area (Å²) in [5.74, 6) is -0.728. The molecule has 0 fully saturated rings. The number of imidazole rings is 1. The molecule has 3 aromatic rings. The largest absolute Gasteiger partial charge is 0.328 e. The highest BCUT2D eigenvalue weighted by Crippen LogP contribution is 2.27. The van der Waals surface area contributed by atoms with Gasteiger partial charge in [-0.3, -0.25) is 4.57 Å². The molecule has 0 aliphatic carbocycles. The minimum Gasteiger partial charge on any atom is -0.328 e. The Bertz CT molecular complexity index is 838. The van der Waals surface area contributed by atoms with Crippen LogP contribution in [0.25, 0.3) is 16.7 Å². The summed E-state index contributed by atoms with van der Waals surface area (Å²) in [6.45, 7) is 0. The second kappa shape index (κ2) is 4.54. The van der Waals surface area contributed by atoms with Crippen LogP contribution in [0.1, 0.15) is 0 Å². The van der Waals surface area contributed by atoms with Crippen molar-refractivity contribution in [3.05, 3.63) is 57.3 Å². The topological polar surface area (TPSA) is 20.7 Å². The predicted octanol–water partition coefficient (Wildman–Crippen LogP) is 4.73. The van der Waals surface area contributed by atoms with Crippen LogP contribution in [0.5, 0.6) is 0 Å². The van der Waals surface area contributed by atoms with E-state index in [0.717, 1.165) is 0 Å². The number of aromatic amines is 1. The third-order valence-corrected chi connectivity index (χ3v) is 3.74. The third-order valence-electron chi connectivity index (χ3n) is 2.82. The lowest BCUT2D eigenvalue weighted by Gasteiger charge is -2.07. The number of halogens is 3. The molecule has 0 atom stereocenters. The highest BCUT2D eigenvalue weighted by Gasteiger charge is 2.12. The van der Waals surface area contributed by atoms with Gasteiger partial charge in [-0.2, -0.15) is 0 Å². The van der Waals surface area contributed by atoms with Crippen molar-refractivity contribution in [2.45, 2.75) is 0 Å². The maximum Gasteiger partial charge on any atom is 0.182 e. The number of rotatable bonds is 1. The van der Waals surface area contributed by atoms with Crippen LogP contribution in [0.3, 0.4) is 0 Å². The quantitative estimate of drug-likeness (QED) is 0.635. The number of aromatic nitrogens is 2. The van der Waals surface area contributed by atoms with E-state index in [1.165, 1.54) is 18.2 Å². The van der Waals surface area contributed by atoms with Gasteiger partial charge in [-0.15, -0.1) is 0 Å². The van der Waals surface area contributed by atoms with Gasteiger partial charge in [0.05, 0.1) is 11.2 Å². The van der Waals surface area contributed by atoms with E-state index in [1.54, 1.807) is 22.8 Å². The number of nitrogens with zero attached hydrogens (tertiary/aromatic N) is 1.